The van der Waals surface area contributed by atoms with E-state index in [9.17, 15) is 17.6 Å². The second-order valence-corrected chi connectivity index (χ2v) is 9.60. The van der Waals surface area contributed by atoms with Gasteiger partial charge in [0.25, 0.3) is 5.91 Å². The Labute approximate surface area is 193 Å². The fraction of sp³-hybridized carbons (Fsp3) is 0.240. The van der Waals surface area contributed by atoms with Crippen LogP contribution in [0.5, 0.6) is 11.5 Å². The van der Waals surface area contributed by atoms with Crippen molar-refractivity contribution in [1.82, 2.24) is 4.90 Å². The lowest BCUT2D eigenvalue weighted by Crippen LogP contribution is -2.29. The summed E-state index contributed by atoms with van der Waals surface area (Å²) in [6, 6.07) is 19.3. The third kappa shape index (κ3) is 7.05. The minimum Gasteiger partial charge on any atom is -0.493 e. The van der Waals surface area contributed by atoms with E-state index < -0.39 is 9.84 Å². The van der Waals surface area contributed by atoms with Gasteiger partial charge in [-0.3, -0.25) is 4.79 Å². The molecular weight excluding hydrogens is 445 g/mol. The van der Waals surface area contributed by atoms with Crippen molar-refractivity contribution in [3.63, 3.8) is 0 Å². The van der Waals surface area contributed by atoms with Gasteiger partial charge in [0.2, 0.25) is 0 Å². The molecular formula is C25H26FNO5S. The third-order valence-electron chi connectivity index (χ3n) is 4.91. The molecule has 8 heteroatoms. The number of carbonyl (C=O) groups is 1. The highest BCUT2D eigenvalue weighted by atomic mass is 32.2. The molecule has 3 rings (SSSR count). The maximum Gasteiger partial charge on any atom is 0.257 e. The smallest absolute Gasteiger partial charge is 0.257 e. The van der Waals surface area contributed by atoms with Gasteiger partial charge in [0.15, 0.2) is 9.84 Å². The fourth-order valence-corrected chi connectivity index (χ4v) is 3.76. The quantitative estimate of drug-likeness (QED) is 0.411. The fourth-order valence-electron chi connectivity index (χ4n) is 3.10. The summed E-state index contributed by atoms with van der Waals surface area (Å²) in [6.07, 6.45) is 1.71. The topological polar surface area (TPSA) is 72.9 Å². The zero-order valence-electron chi connectivity index (χ0n) is 18.5. The van der Waals surface area contributed by atoms with Crippen molar-refractivity contribution in [2.75, 3.05) is 26.5 Å². The Bertz CT molecular complexity index is 1200. The maximum atomic E-state index is 13.1. The molecule has 3 aromatic carbocycles. The van der Waals surface area contributed by atoms with Gasteiger partial charge in [0, 0.05) is 19.8 Å². The van der Waals surface area contributed by atoms with Crippen molar-refractivity contribution in [3.8, 4) is 11.5 Å². The van der Waals surface area contributed by atoms with Crippen molar-refractivity contribution < 1.29 is 27.1 Å². The lowest BCUT2D eigenvalue weighted by Gasteiger charge is -2.19. The molecule has 33 heavy (non-hydrogen) atoms. The van der Waals surface area contributed by atoms with E-state index in [1.807, 2.05) is 0 Å². The molecule has 0 bridgehead atoms. The number of nitrogens with zero attached hydrogens (tertiary/aromatic N) is 1. The minimum atomic E-state index is -3.30. The second-order valence-electron chi connectivity index (χ2n) is 7.59. The lowest BCUT2D eigenvalue weighted by atomic mass is 10.1. The summed E-state index contributed by atoms with van der Waals surface area (Å²) in [5.74, 6) is 0.408. The second kappa shape index (κ2) is 11.0. The third-order valence-corrected chi connectivity index (χ3v) is 6.02. The van der Waals surface area contributed by atoms with Crippen molar-refractivity contribution in [3.05, 3.63) is 89.7 Å². The normalized spacial score (nSPS) is 11.1. The Hall–Kier alpha value is -3.39. The first-order valence-corrected chi connectivity index (χ1v) is 12.3. The zero-order valence-corrected chi connectivity index (χ0v) is 19.3. The highest BCUT2D eigenvalue weighted by Crippen LogP contribution is 2.21. The monoisotopic (exact) mass is 471 g/mol. The summed E-state index contributed by atoms with van der Waals surface area (Å²) in [5.41, 5.74) is 1.23. The number of rotatable bonds is 10. The van der Waals surface area contributed by atoms with E-state index in [0.29, 0.717) is 36.6 Å². The van der Waals surface area contributed by atoms with Crippen molar-refractivity contribution in [2.45, 2.75) is 17.9 Å². The highest BCUT2D eigenvalue weighted by Gasteiger charge is 2.16. The molecule has 1 amide bonds. The predicted octanol–water partition coefficient (Wildman–Crippen LogP) is 4.35. The van der Waals surface area contributed by atoms with E-state index in [1.165, 1.54) is 24.3 Å². The van der Waals surface area contributed by atoms with Crippen LogP contribution in [0.25, 0.3) is 0 Å². The Morgan fingerprint density at radius 2 is 1.70 bits per heavy atom. The molecule has 0 aliphatic heterocycles. The molecule has 6 nitrogen and oxygen atoms in total. The molecule has 0 aliphatic carbocycles. The molecule has 0 heterocycles. The van der Waals surface area contributed by atoms with Crippen molar-refractivity contribution in [2.24, 2.45) is 0 Å². The number of hydrogen-bond acceptors (Lipinski definition) is 5. The largest absolute Gasteiger partial charge is 0.493 e. The molecule has 0 saturated heterocycles. The van der Waals surface area contributed by atoms with Crippen LogP contribution in [0.2, 0.25) is 0 Å². The van der Waals surface area contributed by atoms with Crippen molar-refractivity contribution in [1.29, 1.82) is 0 Å². The predicted molar refractivity (Wildman–Crippen MR) is 124 cm³/mol. The Morgan fingerprint density at radius 1 is 0.970 bits per heavy atom. The molecule has 0 radical (unpaired) electrons. The van der Waals surface area contributed by atoms with E-state index in [-0.39, 0.29) is 23.2 Å². The van der Waals surface area contributed by atoms with E-state index in [0.717, 1.165) is 11.8 Å². The van der Waals surface area contributed by atoms with Gasteiger partial charge in [-0.2, -0.15) is 0 Å². The lowest BCUT2D eigenvalue weighted by molar-refractivity contribution is 0.0783. The Kier molecular flexibility index (Phi) is 8.06. The highest BCUT2D eigenvalue weighted by molar-refractivity contribution is 7.90. The van der Waals surface area contributed by atoms with Crippen molar-refractivity contribution >= 4 is 15.7 Å². The van der Waals surface area contributed by atoms with E-state index in [4.69, 9.17) is 9.47 Å². The first kappa shape index (κ1) is 24.3. The van der Waals surface area contributed by atoms with Crippen LogP contribution in [0.4, 0.5) is 4.39 Å². The summed E-state index contributed by atoms with van der Waals surface area (Å²) >= 11 is 0. The maximum absolute atomic E-state index is 13.1. The summed E-state index contributed by atoms with van der Waals surface area (Å²) < 4.78 is 47.8. The van der Waals surface area contributed by atoms with Crippen LogP contribution in [0.3, 0.4) is 0 Å². The summed E-state index contributed by atoms with van der Waals surface area (Å²) in [4.78, 5) is 14.7. The van der Waals surface area contributed by atoms with Crippen LogP contribution < -0.4 is 9.47 Å². The van der Waals surface area contributed by atoms with Crippen LogP contribution in [-0.2, 0) is 16.4 Å². The van der Waals surface area contributed by atoms with Crippen LogP contribution in [0.15, 0.2) is 77.7 Å². The molecule has 174 valence electrons. The van der Waals surface area contributed by atoms with E-state index in [2.05, 4.69) is 0 Å². The van der Waals surface area contributed by atoms with E-state index in [1.54, 1.807) is 60.5 Å². The van der Waals surface area contributed by atoms with Gasteiger partial charge in [-0.15, -0.1) is 0 Å². The van der Waals surface area contributed by atoms with Gasteiger partial charge in [-0.1, -0.05) is 30.3 Å². The summed E-state index contributed by atoms with van der Waals surface area (Å²) in [7, 11) is -1.60. The number of sulfone groups is 1. The number of benzene rings is 3. The van der Waals surface area contributed by atoms with Gasteiger partial charge in [0.05, 0.1) is 17.1 Å². The molecule has 0 saturated carbocycles. The van der Waals surface area contributed by atoms with Crippen LogP contribution >= 0.6 is 0 Å². The average Bonchev–Trinajstić information content (AvgIpc) is 2.81. The number of ether oxygens (including phenoxy) is 2. The molecule has 0 atom stereocenters. The van der Waals surface area contributed by atoms with Gasteiger partial charge in [-0.25, -0.2) is 12.8 Å². The summed E-state index contributed by atoms with van der Waals surface area (Å²) in [5, 5.41) is 0. The molecule has 3 aromatic rings. The molecule has 0 aliphatic rings. The number of para-hydroxylation sites is 1. The van der Waals surface area contributed by atoms with Crippen LogP contribution in [0, 0.1) is 5.82 Å². The SMILES string of the molecule is CN(CCCOc1cccc(S(C)(=O)=O)c1)C(=O)c1ccccc1OCc1ccc(F)cc1. The van der Waals surface area contributed by atoms with Crippen LogP contribution in [0.1, 0.15) is 22.3 Å². The summed E-state index contributed by atoms with van der Waals surface area (Å²) in [6.45, 7) is 0.985. The molecule has 0 N–H and O–H groups in total. The van der Waals surface area contributed by atoms with E-state index >= 15 is 0 Å². The minimum absolute atomic E-state index is 0.191. The first-order chi connectivity index (χ1) is 15.7. The Morgan fingerprint density at radius 3 is 2.42 bits per heavy atom. The number of carbonyl (C=O) groups excluding carboxylic acids is 1. The van der Waals surface area contributed by atoms with Gasteiger partial charge >= 0.3 is 0 Å². The van der Waals surface area contributed by atoms with Gasteiger partial charge < -0.3 is 14.4 Å². The molecule has 0 fully saturated rings. The van der Waals surface area contributed by atoms with Gasteiger partial charge in [-0.05, 0) is 54.4 Å². The number of amides is 1. The zero-order chi connectivity index (χ0) is 23.8. The standard InChI is InChI=1S/C25H26FNO5S/c1-27(15-6-16-31-21-7-5-8-22(17-21)33(2,29)30)25(28)23-9-3-4-10-24(23)32-18-19-11-13-20(26)14-12-19/h3-5,7-14,17H,6,15-16,18H2,1-2H3. The number of halogens is 1. The van der Waals surface area contributed by atoms with Crippen LogP contribution in [-0.4, -0.2) is 45.7 Å². The molecule has 0 spiro atoms. The number of hydrogen-bond donors (Lipinski definition) is 0. The Balaban J connectivity index is 1.53. The molecule has 0 unspecified atom stereocenters. The molecule has 0 aromatic heterocycles. The van der Waals surface area contributed by atoms with Gasteiger partial charge in [0.1, 0.15) is 23.9 Å². The average molecular weight is 472 g/mol. The first-order valence-electron chi connectivity index (χ1n) is 10.4.